The summed E-state index contributed by atoms with van der Waals surface area (Å²) in [5.41, 5.74) is 4.98. The van der Waals surface area contributed by atoms with Crippen molar-refractivity contribution >= 4 is 111 Å². The number of hydrogen-bond acceptors (Lipinski definition) is 1. The van der Waals surface area contributed by atoms with Crippen molar-refractivity contribution in [2.45, 2.75) is 0 Å². The van der Waals surface area contributed by atoms with E-state index in [1.165, 1.54) is 0 Å². The van der Waals surface area contributed by atoms with E-state index in [-0.39, 0.29) is 27.3 Å². The van der Waals surface area contributed by atoms with Gasteiger partial charge >= 0.3 is 0 Å². The lowest BCUT2D eigenvalue weighted by molar-refractivity contribution is 0.593. The highest BCUT2D eigenvalue weighted by molar-refractivity contribution is 7.86. The van der Waals surface area contributed by atoms with E-state index in [4.69, 9.17) is 39.2 Å². The summed E-state index contributed by atoms with van der Waals surface area (Å²) < 4.78 is 17.1. The van der Waals surface area contributed by atoms with Crippen LogP contribution in [0.3, 0.4) is 0 Å². The van der Waals surface area contributed by atoms with Crippen molar-refractivity contribution in [3.8, 4) is 16.8 Å². The van der Waals surface area contributed by atoms with Crippen molar-refractivity contribution in [2.75, 3.05) is 0 Å². The molecule has 0 aliphatic carbocycles. The van der Waals surface area contributed by atoms with E-state index < -0.39 is 7.14 Å². The summed E-state index contributed by atoms with van der Waals surface area (Å²) in [4.78, 5) is 0. The third-order valence-corrected chi connectivity index (χ3v) is 10.8. The van der Waals surface area contributed by atoms with Gasteiger partial charge in [-0.05, 0) is 17.7 Å². The van der Waals surface area contributed by atoms with Crippen LogP contribution in [0.15, 0.2) is 91.0 Å². The van der Waals surface area contributed by atoms with Gasteiger partial charge in [-0.25, -0.2) is 0 Å². The molecule has 38 heavy (non-hydrogen) atoms. The maximum Gasteiger partial charge on any atom is 0.172 e. The summed E-state index contributed by atoms with van der Waals surface area (Å²) >= 11 is 0. The number of rotatable bonds is 2. The van der Waals surface area contributed by atoms with E-state index in [0.29, 0.717) is 5.69 Å². The quantitative estimate of drug-likeness (QED) is 0.254. The first-order valence-electron chi connectivity index (χ1n) is 12.2. The minimum Gasteiger partial charge on any atom is -0.310 e. The lowest BCUT2D eigenvalue weighted by atomic mass is 9.61. The molecule has 166 valence electrons. The van der Waals surface area contributed by atoms with E-state index >= 15 is 4.57 Å². The van der Waals surface area contributed by atoms with E-state index in [1.54, 1.807) is 0 Å². The molecule has 1 aliphatic heterocycles. The maximum absolute atomic E-state index is 15.1. The molecule has 8 heteroatoms. The summed E-state index contributed by atoms with van der Waals surface area (Å²) in [7, 11) is 28.8. The molecule has 10 radical (unpaired) electrons. The fourth-order valence-electron chi connectivity index (χ4n) is 5.89. The molecule has 2 heterocycles. The Morgan fingerprint density at radius 3 is 1.89 bits per heavy atom. The minimum atomic E-state index is -3.16. The fourth-order valence-corrected chi connectivity index (χ4v) is 8.94. The summed E-state index contributed by atoms with van der Waals surface area (Å²) in [5, 5.41) is 4.34. The van der Waals surface area contributed by atoms with Crippen LogP contribution in [0.1, 0.15) is 0 Å². The largest absolute Gasteiger partial charge is 0.310 e. The number of nitrogens with zero attached hydrogens (tertiary/aromatic N) is 1. The first-order valence-corrected chi connectivity index (χ1v) is 13.9. The van der Waals surface area contributed by atoms with Crippen LogP contribution in [0, 0.1) is 0 Å². The Bertz CT molecular complexity index is 1990. The van der Waals surface area contributed by atoms with Crippen LogP contribution >= 0.6 is 7.14 Å². The Hall–Kier alpha value is -3.55. The monoisotopic (exact) mass is 491 g/mol. The van der Waals surface area contributed by atoms with Crippen molar-refractivity contribution in [1.82, 2.24) is 4.57 Å². The molecule has 0 amide bonds. The molecule has 0 saturated heterocycles. The SMILES string of the molecule is [B]c1c([B])c([B])c(-n2c3ccccc3c3ccc4c(c32)-c2ccccc2P4(=O)c2ccccc2)c([B])c1[B]. The average Bonchev–Trinajstić information content (AvgIpc) is 3.42. The Morgan fingerprint density at radius 2 is 1.16 bits per heavy atom. The van der Waals surface area contributed by atoms with Crippen molar-refractivity contribution in [1.29, 1.82) is 0 Å². The van der Waals surface area contributed by atoms with Gasteiger partial charge in [0.05, 0.1) is 11.0 Å². The topological polar surface area (TPSA) is 22.0 Å². The zero-order valence-corrected chi connectivity index (χ0v) is 21.2. The molecule has 0 spiro atoms. The molecule has 7 rings (SSSR count). The molecule has 1 unspecified atom stereocenters. The highest BCUT2D eigenvalue weighted by Crippen LogP contribution is 2.54. The Morgan fingerprint density at radius 1 is 0.553 bits per heavy atom. The van der Waals surface area contributed by atoms with Gasteiger partial charge in [-0.15, -0.1) is 16.4 Å². The highest BCUT2D eigenvalue weighted by atomic mass is 31.2. The zero-order valence-electron chi connectivity index (χ0n) is 20.3. The van der Waals surface area contributed by atoms with Crippen LogP contribution in [0.2, 0.25) is 0 Å². The van der Waals surface area contributed by atoms with Crippen molar-refractivity contribution in [3.63, 3.8) is 0 Å². The summed E-state index contributed by atoms with van der Waals surface area (Å²) in [5.74, 6) is 0. The van der Waals surface area contributed by atoms with Gasteiger partial charge in [0.2, 0.25) is 0 Å². The van der Waals surface area contributed by atoms with Crippen LogP contribution in [0.4, 0.5) is 0 Å². The van der Waals surface area contributed by atoms with Gasteiger partial charge in [0, 0.05) is 37.9 Å². The number of fused-ring (bicyclic) bond motifs is 7. The predicted octanol–water partition coefficient (Wildman–Crippen LogP) is 0.373. The minimum absolute atomic E-state index is 0.161. The molecular formula is C30H15B5NOP. The van der Waals surface area contributed by atoms with E-state index in [9.17, 15) is 0 Å². The van der Waals surface area contributed by atoms with Gasteiger partial charge in [0.25, 0.3) is 0 Å². The molecule has 0 N–H and O–H groups in total. The lowest BCUT2D eigenvalue weighted by Gasteiger charge is -2.24. The van der Waals surface area contributed by atoms with E-state index in [0.717, 1.165) is 48.8 Å². The van der Waals surface area contributed by atoms with Crippen LogP contribution in [-0.2, 0) is 4.57 Å². The first-order chi connectivity index (χ1) is 18.4. The second-order valence-corrected chi connectivity index (χ2v) is 12.3. The average molecular weight is 490 g/mol. The molecule has 6 aromatic rings. The molecule has 1 atom stereocenters. The molecule has 1 aliphatic rings. The van der Waals surface area contributed by atoms with Crippen LogP contribution in [0.5, 0.6) is 0 Å². The Balaban J connectivity index is 1.73. The Kier molecular flexibility index (Phi) is 5.10. The maximum atomic E-state index is 15.1. The molecule has 0 bridgehead atoms. The second kappa shape index (κ2) is 8.22. The van der Waals surface area contributed by atoms with Crippen molar-refractivity contribution in [2.24, 2.45) is 0 Å². The van der Waals surface area contributed by atoms with Gasteiger partial charge in [0.1, 0.15) is 39.2 Å². The van der Waals surface area contributed by atoms with Gasteiger partial charge in [-0.1, -0.05) is 89.8 Å². The lowest BCUT2D eigenvalue weighted by Crippen LogP contribution is -2.56. The van der Waals surface area contributed by atoms with Crippen LogP contribution in [0.25, 0.3) is 38.6 Å². The highest BCUT2D eigenvalue weighted by Gasteiger charge is 2.41. The van der Waals surface area contributed by atoms with Crippen molar-refractivity contribution < 1.29 is 4.57 Å². The van der Waals surface area contributed by atoms with Crippen molar-refractivity contribution in [3.05, 3.63) is 91.0 Å². The smallest absolute Gasteiger partial charge is 0.172 e. The first kappa shape index (κ1) is 23.6. The number of hydrogen-bond donors (Lipinski definition) is 0. The third-order valence-electron chi connectivity index (χ3n) is 7.68. The summed E-state index contributed by atoms with van der Waals surface area (Å²) in [6.07, 6.45) is 0. The Labute approximate surface area is 227 Å². The third kappa shape index (κ3) is 2.89. The normalized spacial score (nSPS) is 16.1. The number of benzene rings is 5. The predicted molar refractivity (Wildman–Crippen MR) is 166 cm³/mol. The van der Waals surface area contributed by atoms with Gasteiger partial charge in [0.15, 0.2) is 7.14 Å². The van der Waals surface area contributed by atoms with Gasteiger partial charge < -0.3 is 9.13 Å². The number of aromatic nitrogens is 1. The summed E-state index contributed by atoms with van der Waals surface area (Å²) in [6.45, 7) is 0. The van der Waals surface area contributed by atoms with E-state index in [2.05, 4.69) is 6.07 Å². The molecule has 1 aromatic heterocycles. The molecule has 2 nitrogen and oxygen atoms in total. The van der Waals surface area contributed by atoms with Crippen LogP contribution < -0.4 is 43.2 Å². The number of para-hydroxylation sites is 1. The second-order valence-electron chi connectivity index (χ2n) is 9.59. The van der Waals surface area contributed by atoms with E-state index in [1.807, 2.05) is 89.5 Å². The fraction of sp³-hybridized carbons (Fsp3) is 0. The molecule has 0 saturated carbocycles. The molecular weight excluding hydrogens is 475 g/mol. The standard InChI is InChI=1S/C30H15B5NOP/c31-24-25(32)27(34)30(28(35)26(24)33)36-20-12-6-4-10-17(20)18-14-15-22-23(29(18)36)19-11-5-7-13-21(19)38(22,37)16-8-2-1-3-9-16/h1-15H. The molecule has 5 aromatic carbocycles. The van der Waals surface area contributed by atoms with Gasteiger partial charge in [-0.2, -0.15) is 0 Å². The van der Waals surface area contributed by atoms with Crippen LogP contribution in [-0.4, -0.2) is 43.8 Å². The zero-order chi connectivity index (χ0) is 26.3. The molecule has 0 fully saturated rings. The summed E-state index contributed by atoms with van der Waals surface area (Å²) in [6, 6.07) is 29.6. The van der Waals surface area contributed by atoms with Gasteiger partial charge in [-0.3, -0.25) is 0 Å².